The molecule has 1 aromatic rings. The van der Waals surface area contributed by atoms with Crippen molar-refractivity contribution in [2.24, 2.45) is 5.73 Å². The monoisotopic (exact) mass is 230 g/mol. The molecule has 0 saturated heterocycles. The summed E-state index contributed by atoms with van der Waals surface area (Å²) >= 11 is 0. The second kappa shape index (κ2) is 4.98. The van der Waals surface area contributed by atoms with Crippen LogP contribution in [0, 0.1) is 0 Å². The van der Waals surface area contributed by atoms with E-state index in [2.05, 4.69) is 9.72 Å². The lowest BCUT2D eigenvalue weighted by atomic mass is 10.1. The Labute approximate surface area is 91.4 Å². The first kappa shape index (κ1) is 12.5. The number of nitrogens with two attached hydrogens (primary N) is 1. The van der Waals surface area contributed by atoms with E-state index in [0.717, 1.165) is 0 Å². The van der Waals surface area contributed by atoms with Crippen LogP contribution in [0.4, 0.5) is 8.78 Å². The molecule has 0 fully saturated rings. The molecule has 1 heterocycles. The van der Waals surface area contributed by atoms with Gasteiger partial charge in [0.1, 0.15) is 6.04 Å². The van der Waals surface area contributed by atoms with Gasteiger partial charge in [0, 0.05) is 6.20 Å². The van der Waals surface area contributed by atoms with Crippen LogP contribution in [0.2, 0.25) is 0 Å². The zero-order valence-corrected chi connectivity index (χ0v) is 8.69. The number of rotatable bonds is 4. The van der Waals surface area contributed by atoms with E-state index in [1.54, 1.807) is 6.07 Å². The number of hydrogen-bond acceptors (Lipinski definition) is 4. The van der Waals surface area contributed by atoms with Gasteiger partial charge in [-0.25, -0.2) is 4.79 Å². The molecule has 4 nitrogen and oxygen atoms in total. The Balaban J connectivity index is 2.87. The Bertz CT molecular complexity index is 357. The average molecular weight is 230 g/mol. The van der Waals surface area contributed by atoms with Gasteiger partial charge in [-0.05, 0) is 19.1 Å². The highest BCUT2D eigenvalue weighted by Gasteiger charge is 2.48. The maximum Gasteiger partial charge on any atom is 0.379 e. The van der Waals surface area contributed by atoms with Gasteiger partial charge >= 0.3 is 11.9 Å². The first-order valence-corrected chi connectivity index (χ1v) is 4.71. The number of alkyl halides is 2. The molecule has 1 aromatic heterocycles. The van der Waals surface area contributed by atoms with Crippen molar-refractivity contribution in [1.82, 2.24) is 4.98 Å². The van der Waals surface area contributed by atoms with Crippen LogP contribution in [-0.4, -0.2) is 23.5 Å². The lowest BCUT2D eigenvalue weighted by Gasteiger charge is -2.20. The lowest BCUT2D eigenvalue weighted by molar-refractivity contribution is -0.175. The van der Waals surface area contributed by atoms with Crippen LogP contribution in [0.15, 0.2) is 24.4 Å². The molecule has 0 spiro atoms. The Morgan fingerprint density at radius 1 is 1.62 bits per heavy atom. The summed E-state index contributed by atoms with van der Waals surface area (Å²) in [6.45, 7) is 1.32. The molecule has 6 heteroatoms. The van der Waals surface area contributed by atoms with E-state index >= 15 is 0 Å². The van der Waals surface area contributed by atoms with Crippen molar-refractivity contribution in [3.63, 3.8) is 0 Å². The summed E-state index contributed by atoms with van der Waals surface area (Å²) in [6, 6.07) is 2.62. The van der Waals surface area contributed by atoms with Crippen molar-refractivity contribution < 1.29 is 18.3 Å². The van der Waals surface area contributed by atoms with Gasteiger partial charge in [-0.2, -0.15) is 8.78 Å². The van der Waals surface area contributed by atoms with Gasteiger partial charge in [-0.1, -0.05) is 6.07 Å². The predicted octanol–water partition coefficient (Wildman–Crippen LogP) is 1.28. The van der Waals surface area contributed by atoms with E-state index in [1.165, 1.54) is 25.3 Å². The van der Waals surface area contributed by atoms with Crippen molar-refractivity contribution in [1.29, 1.82) is 0 Å². The summed E-state index contributed by atoms with van der Waals surface area (Å²) < 4.78 is 31.1. The molecule has 0 aliphatic heterocycles. The molecule has 0 amide bonds. The smallest absolute Gasteiger partial charge is 0.379 e. The molecule has 0 aromatic carbocycles. The zero-order valence-electron chi connectivity index (χ0n) is 8.69. The maximum absolute atomic E-state index is 13.4. The quantitative estimate of drug-likeness (QED) is 0.791. The molecule has 0 bridgehead atoms. The fourth-order valence-electron chi connectivity index (χ4n) is 1.10. The number of nitrogens with zero attached hydrogens (tertiary/aromatic N) is 1. The minimum absolute atomic E-state index is 0.0550. The highest BCUT2D eigenvalue weighted by Crippen LogP contribution is 2.29. The first-order chi connectivity index (χ1) is 7.50. The van der Waals surface area contributed by atoms with Crippen LogP contribution in [-0.2, 0) is 9.53 Å². The average Bonchev–Trinajstić information content (AvgIpc) is 2.29. The van der Waals surface area contributed by atoms with Crippen molar-refractivity contribution in [3.05, 3.63) is 30.1 Å². The molecular weight excluding hydrogens is 218 g/mol. The third-order valence-corrected chi connectivity index (χ3v) is 1.94. The predicted molar refractivity (Wildman–Crippen MR) is 52.7 cm³/mol. The Morgan fingerprint density at radius 2 is 2.31 bits per heavy atom. The van der Waals surface area contributed by atoms with Crippen LogP contribution in [0.25, 0.3) is 0 Å². The van der Waals surface area contributed by atoms with Crippen molar-refractivity contribution in [2.75, 3.05) is 6.61 Å². The van der Waals surface area contributed by atoms with Crippen LogP contribution in [0.3, 0.4) is 0 Å². The van der Waals surface area contributed by atoms with Crippen molar-refractivity contribution in [3.8, 4) is 0 Å². The molecule has 0 radical (unpaired) electrons. The minimum atomic E-state index is -3.77. The summed E-state index contributed by atoms with van der Waals surface area (Å²) in [6.07, 6.45) is 1.33. The van der Waals surface area contributed by atoms with Crippen LogP contribution in [0.5, 0.6) is 0 Å². The van der Waals surface area contributed by atoms with Gasteiger partial charge < -0.3 is 10.5 Å². The third kappa shape index (κ3) is 2.52. The number of aromatic nitrogens is 1. The van der Waals surface area contributed by atoms with E-state index in [4.69, 9.17) is 5.73 Å². The molecule has 16 heavy (non-hydrogen) atoms. The second-order valence-corrected chi connectivity index (χ2v) is 3.08. The van der Waals surface area contributed by atoms with Crippen molar-refractivity contribution >= 4 is 5.97 Å². The van der Waals surface area contributed by atoms with Crippen LogP contribution < -0.4 is 5.73 Å². The highest BCUT2D eigenvalue weighted by molar-refractivity contribution is 5.78. The largest absolute Gasteiger partial charge is 0.462 e. The molecular formula is C10H12F2N2O2. The number of pyridine rings is 1. The first-order valence-electron chi connectivity index (χ1n) is 4.71. The highest BCUT2D eigenvalue weighted by atomic mass is 19.3. The maximum atomic E-state index is 13.4. The van der Waals surface area contributed by atoms with E-state index in [1.807, 2.05) is 0 Å². The Hall–Kier alpha value is -1.56. The van der Waals surface area contributed by atoms with E-state index in [0.29, 0.717) is 0 Å². The molecule has 1 atom stereocenters. The number of halogens is 2. The third-order valence-electron chi connectivity index (χ3n) is 1.94. The van der Waals surface area contributed by atoms with E-state index in [-0.39, 0.29) is 12.3 Å². The molecule has 0 unspecified atom stereocenters. The van der Waals surface area contributed by atoms with E-state index in [9.17, 15) is 13.6 Å². The topological polar surface area (TPSA) is 65.2 Å². The molecule has 0 aliphatic carbocycles. The number of ether oxygens (including phenoxy) is 1. The second-order valence-electron chi connectivity index (χ2n) is 3.08. The number of hydrogen-bond donors (Lipinski definition) is 1. The van der Waals surface area contributed by atoms with Gasteiger partial charge in [-0.15, -0.1) is 0 Å². The lowest BCUT2D eigenvalue weighted by Crippen LogP contribution is -2.42. The number of carbonyl (C=O) groups is 1. The van der Waals surface area contributed by atoms with Crippen LogP contribution >= 0.6 is 0 Å². The molecule has 88 valence electrons. The molecule has 2 N–H and O–H groups in total. The summed E-state index contributed by atoms with van der Waals surface area (Å²) in [5, 5.41) is 0. The fraction of sp³-hybridized carbons (Fsp3) is 0.400. The fourth-order valence-corrected chi connectivity index (χ4v) is 1.10. The summed E-state index contributed by atoms with van der Waals surface area (Å²) in [5.41, 5.74) is 5.24. The summed E-state index contributed by atoms with van der Waals surface area (Å²) in [4.78, 5) is 14.7. The van der Waals surface area contributed by atoms with Gasteiger partial charge in [0.05, 0.1) is 12.3 Å². The molecule has 0 aliphatic rings. The van der Waals surface area contributed by atoms with Gasteiger partial charge in [0.25, 0.3) is 0 Å². The van der Waals surface area contributed by atoms with Gasteiger partial charge in [-0.3, -0.25) is 4.98 Å². The van der Waals surface area contributed by atoms with Crippen LogP contribution in [0.1, 0.15) is 18.7 Å². The van der Waals surface area contributed by atoms with Crippen molar-refractivity contribution in [2.45, 2.75) is 18.9 Å². The summed E-state index contributed by atoms with van der Waals surface area (Å²) in [5.74, 6) is -5.40. The minimum Gasteiger partial charge on any atom is -0.462 e. The summed E-state index contributed by atoms with van der Waals surface area (Å²) in [7, 11) is 0. The van der Waals surface area contributed by atoms with Gasteiger partial charge in [0.15, 0.2) is 0 Å². The van der Waals surface area contributed by atoms with Gasteiger partial charge in [0.2, 0.25) is 0 Å². The molecule has 0 saturated carbocycles. The zero-order chi connectivity index (χ0) is 12.2. The standard InChI is InChI=1S/C10H12F2N2O2/c1-2-16-9(15)10(11,12)8(13)7-5-3-4-6-14-7/h3-6,8H,2,13H2,1H3/t8-/m0/s1. The normalized spacial score (nSPS) is 13.2. The number of carbonyl (C=O) groups excluding carboxylic acids is 1. The Morgan fingerprint density at radius 3 is 2.81 bits per heavy atom. The van der Waals surface area contributed by atoms with E-state index < -0.39 is 17.9 Å². The SMILES string of the molecule is CCOC(=O)C(F)(F)[C@@H](N)c1ccccn1. The Kier molecular flexibility index (Phi) is 3.89. The number of esters is 1. The molecule has 1 rings (SSSR count).